The van der Waals surface area contributed by atoms with Gasteiger partial charge in [-0.3, -0.25) is 14.4 Å². The largest absolute Gasteiger partial charge is 0.477 e. The second-order valence-corrected chi connectivity index (χ2v) is 8.92. The fraction of sp³-hybridized carbons (Fsp3) is 0.222. The molecular formula is C27H22FN5O5. The third kappa shape index (κ3) is 3.96. The highest BCUT2D eigenvalue weighted by molar-refractivity contribution is 6.36. The number of amides is 2. The number of aromatic carboxylic acids is 1. The Kier molecular flexibility index (Phi) is 6.16. The second kappa shape index (κ2) is 9.48. The lowest BCUT2D eigenvalue weighted by Gasteiger charge is -2.36. The van der Waals surface area contributed by atoms with E-state index in [1.165, 1.54) is 17.2 Å². The molecule has 2 aliphatic rings. The van der Waals surface area contributed by atoms with Crippen LogP contribution in [0.1, 0.15) is 22.8 Å². The normalized spacial score (nSPS) is 16.2. The lowest BCUT2D eigenvalue weighted by Crippen LogP contribution is -2.49. The van der Waals surface area contributed by atoms with Crippen LogP contribution in [0.5, 0.6) is 0 Å². The first kappa shape index (κ1) is 24.7. The van der Waals surface area contributed by atoms with E-state index in [9.17, 15) is 29.5 Å². The standard InChI is InChI=1S/C27H22FN5O5/c1-2-31-14-18(27(37)38)24(34)16-11-19(28)22(12-21(16)31)32-7-9-33(10-8-32)26(36)17(13-29)23-15-5-3-4-6-20(15)30-25(23)35/h3-6,11-12,14H,2,7-10H2,1H3,(H,30,35)(H,37,38). The van der Waals surface area contributed by atoms with Crippen LogP contribution in [-0.4, -0.2) is 58.5 Å². The maximum atomic E-state index is 15.2. The fourth-order valence-corrected chi connectivity index (χ4v) is 4.94. The Morgan fingerprint density at radius 1 is 1.13 bits per heavy atom. The molecule has 2 aromatic carbocycles. The van der Waals surface area contributed by atoms with Gasteiger partial charge in [0, 0.05) is 55.6 Å². The molecule has 3 heterocycles. The summed E-state index contributed by atoms with van der Waals surface area (Å²) in [5.74, 6) is -3.15. The van der Waals surface area contributed by atoms with Gasteiger partial charge in [0.05, 0.1) is 16.8 Å². The number of carboxylic acid groups (broad SMARTS) is 1. The van der Waals surface area contributed by atoms with Gasteiger partial charge in [-0.25, -0.2) is 9.18 Å². The molecule has 0 atom stereocenters. The maximum absolute atomic E-state index is 15.2. The number of fused-ring (bicyclic) bond motifs is 2. The number of nitriles is 1. The summed E-state index contributed by atoms with van der Waals surface area (Å²) in [5, 5.41) is 21.7. The molecule has 1 fully saturated rings. The van der Waals surface area contributed by atoms with E-state index in [0.29, 0.717) is 23.3 Å². The Balaban J connectivity index is 1.42. The van der Waals surface area contributed by atoms with Crippen molar-refractivity contribution in [3.63, 3.8) is 0 Å². The third-order valence-electron chi connectivity index (χ3n) is 6.87. The summed E-state index contributed by atoms with van der Waals surface area (Å²) < 4.78 is 16.7. The van der Waals surface area contributed by atoms with E-state index in [2.05, 4.69) is 5.32 Å². The molecule has 2 N–H and O–H groups in total. The second-order valence-electron chi connectivity index (χ2n) is 8.92. The van der Waals surface area contributed by atoms with Crippen molar-refractivity contribution in [3.05, 3.63) is 75.3 Å². The zero-order valence-electron chi connectivity index (χ0n) is 20.3. The van der Waals surface area contributed by atoms with Crippen LogP contribution < -0.4 is 15.6 Å². The summed E-state index contributed by atoms with van der Waals surface area (Å²) >= 11 is 0. The quantitative estimate of drug-likeness (QED) is 0.402. The van der Waals surface area contributed by atoms with E-state index in [-0.39, 0.29) is 48.4 Å². The highest BCUT2D eigenvalue weighted by atomic mass is 19.1. The van der Waals surface area contributed by atoms with E-state index in [4.69, 9.17) is 0 Å². The number of hydrogen-bond donors (Lipinski definition) is 2. The van der Waals surface area contributed by atoms with Crippen LogP contribution in [0.3, 0.4) is 0 Å². The smallest absolute Gasteiger partial charge is 0.341 e. The number of benzene rings is 2. The third-order valence-corrected chi connectivity index (χ3v) is 6.87. The minimum atomic E-state index is -1.38. The molecule has 0 bridgehead atoms. The first-order valence-corrected chi connectivity index (χ1v) is 11.9. The van der Waals surface area contributed by atoms with Crippen LogP contribution in [0, 0.1) is 17.1 Å². The van der Waals surface area contributed by atoms with Gasteiger partial charge in [-0.05, 0) is 25.1 Å². The molecule has 1 saturated heterocycles. The molecule has 0 spiro atoms. The number of piperazine rings is 1. The minimum absolute atomic E-state index is 0.0257. The molecule has 2 aliphatic heterocycles. The zero-order chi connectivity index (χ0) is 27.1. The Labute approximate surface area is 215 Å². The van der Waals surface area contributed by atoms with Crippen molar-refractivity contribution >= 4 is 45.6 Å². The van der Waals surface area contributed by atoms with Crippen LogP contribution in [0.4, 0.5) is 15.8 Å². The Morgan fingerprint density at radius 2 is 1.84 bits per heavy atom. The summed E-state index contributed by atoms with van der Waals surface area (Å²) in [6.45, 7) is 3.00. The number of pyridine rings is 1. The first-order valence-electron chi connectivity index (χ1n) is 11.9. The number of nitrogens with zero attached hydrogens (tertiary/aromatic N) is 4. The number of carboxylic acids is 1. The number of carbonyl (C=O) groups excluding carboxylic acids is 2. The summed E-state index contributed by atoms with van der Waals surface area (Å²) in [6, 6.07) is 11.3. The number of carbonyl (C=O) groups is 3. The lowest BCUT2D eigenvalue weighted by molar-refractivity contribution is -0.127. The molecule has 0 saturated carbocycles. The van der Waals surface area contributed by atoms with Gasteiger partial charge >= 0.3 is 5.97 Å². The molecule has 1 aromatic heterocycles. The van der Waals surface area contributed by atoms with Crippen molar-refractivity contribution in [1.29, 1.82) is 5.26 Å². The highest BCUT2D eigenvalue weighted by Crippen LogP contribution is 2.34. The average Bonchev–Trinajstić information content (AvgIpc) is 3.25. The number of rotatable bonds is 4. The highest BCUT2D eigenvalue weighted by Gasteiger charge is 2.33. The number of aromatic nitrogens is 1. The van der Waals surface area contributed by atoms with E-state index >= 15 is 4.39 Å². The molecule has 192 valence electrons. The van der Waals surface area contributed by atoms with Crippen LogP contribution >= 0.6 is 0 Å². The number of aryl methyl sites for hydroxylation is 1. The maximum Gasteiger partial charge on any atom is 0.341 e. The summed E-state index contributed by atoms with van der Waals surface area (Å²) in [4.78, 5) is 53.0. The fourth-order valence-electron chi connectivity index (χ4n) is 4.94. The topological polar surface area (TPSA) is 136 Å². The number of nitrogens with one attached hydrogen (secondary N) is 1. The van der Waals surface area contributed by atoms with E-state index in [1.807, 2.05) is 6.07 Å². The molecule has 11 heteroatoms. The number of anilines is 2. The van der Waals surface area contributed by atoms with Crippen LogP contribution in [0.25, 0.3) is 16.5 Å². The molecule has 0 aliphatic carbocycles. The van der Waals surface area contributed by atoms with Gasteiger partial charge in [0.15, 0.2) is 0 Å². The zero-order valence-corrected chi connectivity index (χ0v) is 20.3. The number of para-hydroxylation sites is 1. The first-order chi connectivity index (χ1) is 18.2. The monoisotopic (exact) mass is 515 g/mol. The molecule has 10 nitrogen and oxygen atoms in total. The van der Waals surface area contributed by atoms with E-state index < -0.39 is 34.6 Å². The molecular weight excluding hydrogens is 493 g/mol. The minimum Gasteiger partial charge on any atom is -0.477 e. The molecule has 38 heavy (non-hydrogen) atoms. The Morgan fingerprint density at radius 3 is 2.50 bits per heavy atom. The van der Waals surface area contributed by atoms with Crippen LogP contribution in [-0.2, 0) is 16.1 Å². The van der Waals surface area contributed by atoms with Crippen molar-refractivity contribution in [2.24, 2.45) is 0 Å². The van der Waals surface area contributed by atoms with Gasteiger partial charge in [-0.15, -0.1) is 0 Å². The van der Waals surface area contributed by atoms with Gasteiger partial charge in [0.25, 0.3) is 11.8 Å². The number of hydrogen-bond acceptors (Lipinski definition) is 6. The lowest BCUT2D eigenvalue weighted by atomic mass is 10.0. The van der Waals surface area contributed by atoms with Gasteiger partial charge in [0.1, 0.15) is 23.0 Å². The van der Waals surface area contributed by atoms with E-state index in [1.54, 1.807) is 40.7 Å². The van der Waals surface area contributed by atoms with Crippen molar-refractivity contribution < 1.29 is 23.9 Å². The van der Waals surface area contributed by atoms with Gasteiger partial charge in [-0.2, -0.15) is 5.26 Å². The van der Waals surface area contributed by atoms with Crippen molar-refractivity contribution in [1.82, 2.24) is 9.47 Å². The molecule has 0 unspecified atom stereocenters. The van der Waals surface area contributed by atoms with Gasteiger partial charge in [-0.1, -0.05) is 18.2 Å². The summed E-state index contributed by atoms with van der Waals surface area (Å²) in [7, 11) is 0. The molecule has 0 radical (unpaired) electrons. The molecule has 3 aromatic rings. The number of halogens is 1. The summed E-state index contributed by atoms with van der Waals surface area (Å²) in [5.41, 5.74) is 0.246. The van der Waals surface area contributed by atoms with Crippen molar-refractivity contribution in [2.45, 2.75) is 13.5 Å². The van der Waals surface area contributed by atoms with Crippen LogP contribution in [0.2, 0.25) is 0 Å². The Bertz CT molecular complexity index is 1660. The van der Waals surface area contributed by atoms with Gasteiger partial charge in [0.2, 0.25) is 5.43 Å². The summed E-state index contributed by atoms with van der Waals surface area (Å²) in [6.07, 6.45) is 1.25. The molecule has 5 rings (SSSR count). The Hall–Kier alpha value is -4.98. The van der Waals surface area contributed by atoms with Crippen molar-refractivity contribution in [2.75, 3.05) is 36.4 Å². The predicted octanol–water partition coefficient (Wildman–Crippen LogP) is 2.44. The van der Waals surface area contributed by atoms with Gasteiger partial charge < -0.3 is 24.8 Å². The van der Waals surface area contributed by atoms with E-state index in [0.717, 1.165) is 6.07 Å². The SMILES string of the molecule is CCn1cc(C(=O)O)c(=O)c2cc(F)c(N3CCN(C(=O)C(C#N)=C4C(=O)Nc5ccccc54)CC3)cc21. The van der Waals surface area contributed by atoms with Crippen molar-refractivity contribution in [3.8, 4) is 6.07 Å². The van der Waals surface area contributed by atoms with Crippen LogP contribution in [0.15, 0.2) is 53.0 Å². The average molecular weight is 516 g/mol. The molecule has 2 amide bonds. The predicted molar refractivity (Wildman–Crippen MR) is 137 cm³/mol.